The zero-order chi connectivity index (χ0) is 14.1. The second-order valence-electron chi connectivity index (χ2n) is 5.31. The van der Waals surface area contributed by atoms with Crippen LogP contribution in [-0.2, 0) is 4.79 Å². The summed E-state index contributed by atoms with van der Waals surface area (Å²) in [4.78, 5) is 13.8. The summed E-state index contributed by atoms with van der Waals surface area (Å²) in [6, 6.07) is 0.0219. The predicted octanol–water partition coefficient (Wildman–Crippen LogP) is 1.60. The van der Waals surface area contributed by atoms with Crippen molar-refractivity contribution in [1.29, 1.82) is 0 Å². The molecule has 1 amide bonds. The third kappa shape index (κ3) is 6.97. The number of primary amides is 1. The average molecular weight is 257 g/mol. The van der Waals surface area contributed by atoms with Gasteiger partial charge in [0, 0.05) is 19.1 Å². The van der Waals surface area contributed by atoms with Crippen molar-refractivity contribution >= 4 is 5.91 Å². The highest BCUT2D eigenvalue weighted by atomic mass is 16.1. The van der Waals surface area contributed by atoms with E-state index in [2.05, 4.69) is 31.0 Å². The molecule has 1 atom stereocenters. The SMILES string of the molecule is CCC(CC)CN(CC)CC(NC(C)C)C(N)=O. The topological polar surface area (TPSA) is 58.4 Å². The van der Waals surface area contributed by atoms with Crippen molar-refractivity contribution in [3.8, 4) is 0 Å². The molecule has 4 heteroatoms. The molecule has 0 radical (unpaired) electrons. The highest BCUT2D eigenvalue weighted by molar-refractivity contribution is 5.80. The number of nitrogens with one attached hydrogen (secondary N) is 1. The van der Waals surface area contributed by atoms with Crippen LogP contribution in [0.2, 0.25) is 0 Å². The fourth-order valence-corrected chi connectivity index (χ4v) is 2.13. The Morgan fingerprint density at radius 2 is 1.72 bits per heavy atom. The molecule has 1 unspecified atom stereocenters. The molecule has 0 spiro atoms. The molecule has 0 heterocycles. The van der Waals surface area contributed by atoms with Crippen molar-refractivity contribution in [1.82, 2.24) is 10.2 Å². The number of nitrogens with zero attached hydrogens (tertiary/aromatic N) is 1. The Hall–Kier alpha value is -0.610. The highest BCUT2D eigenvalue weighted by Crippen LogP contribution is 2.10. The van der Waals surface area contributed by atoms with Crippen LogP contribution in [0.1, 0.15) is 47.5 Å². The largest absolute Gasteiger partial charge is 0.368 e. The zero-order valence-electron chi connectivity index (χ0n) is 12.7. The molecule has 0 aromatic heterocycles. The molecular formula is C14H31N3O. The summed E-state index contributed by atoms with van der Waals surface area (Å²) in [5.74, 6) is 0.448. The first kappa shape index (κ1) is 17.4. The van der Waals surface area contributed by atoms with Crippen LogP contribution in [0.5, 0.6) is 0 Å². The molecule has 0 aromatic rings. The van der Waals surface area contributed by atoms with Gasteiger partial charge in [-0.05, 0) is 12.5 Å². The summed E-state index contributed by atoms with van der Waals surface area (Å²) in [5.41, 5.74) is 5.46. The molecule has 3 N–H and O–H groups in total. The van der Waals surface area contributed by atoms with Gasteiger partial charge in [-0.1, -0.05) is 47.5 Å². The Kier molecular flexibility index (Phi) is 9.02. The number of rotatable bonds is 10. The van der Waals surface area contributed by atoms with Crippen LogP contribution in [-0.4, -0.2) is 42.5 Å². The van der Waals surface area contributed by atoms with E-state index in [-0.39, 0.29) is 18.0 Å². The lowest BCUT2D eigenvalue weighted by atomic mass is 10.0. The number of carbonyl (C=O) groups is 1. The molecule has 0 saturated carbocycles. The quantitative estimate of drug-likeness (QED) is 0.625. The lowest BCUT2D eigenvalue weighted by Crippen LogP contribution is -2.51. The maximum absolute atomic E-state index is 11.4. The highest BCUT2D eigenvalue weighted by Gasteiger charge is 2.20. The second-order valence-corrected chi connectivity index (χ2v) is 5.31. The summed E-state index contributed by atoms with van der Waals surface area (Å²) in [6.07, 6.45) is 2.37. The van der Waals surface area contributed by atoms with Crippen LogP contribution in [0.3, 0.4) is 0 Å². The van der Waals surface area contributed by atoms with E-state index in [1.165, 1.54) is 12.8 Å². The summed E-state index contributed by atoms with van der Waals surface area (Å²) in [7, 11) is 0. The molecule has 0 aliphatic rings. The molecule has 0 bridgehead atoms. The Morgan fingerprint density at radius 3 is 2.06 bits per heavy atom. The standard InChI is InChI=1S/C14H31N3O/c1-6-12(7-2)9-17(8-3)10-13(14(15)18)16-11(4)5/h11-13,16H,6-10H2,1-5H3,(H2,15,18). The minimum atomic E-state index is -0.258. The Labute approximate surface area is 112 Å². The number of carbonyl (C=O) groups excluding carboxylic acids is 1. The van der Waals surface area contributed by atoms with Crippen LogP contribution < -0.4 is 11.1 Å². The monoisotopic (exact) mass is 257 g/mol. The van der Waals surface area contributed by atoms with Gasteiger partial charge in [-0.2, -0.15) is 0 Å². The predicted molar refractivity (Wildman–Crippen MR) is 77.4 cm³/mol. The molecule has 0 aliphatic carbocycles. The maximum atomic E-state index is 11.4. The summed E-state index contributed by atoms with van der Waals surface area (Å²) in [5, 5.41) is 3.24. The lowest BCUT2D eigenvalue weighted by molar-refractivity contribution is -0.120. The van der Waals surface area contributed by atoms with Crippen LogP contribution in [0.15, 0.2) is 0 Å². The van der Waals surface area contributed by atoms with Crippen LogP contribution in [0.4, 0.5) is 0 Å². The summed E-state index contributed by atoms with van der Waals surface area (Å²) in [6.45, 7) is 13.4. The maximum Gasteiger partial charge on any atom is 0.235 e. The summed E-state index contributed by atoms with van der Waals surface area (Å²) >= 11 is 0. The van der Waals surface area contributed by atoms with Gasteiger partial charge in [0.1, 0.15) is 0 Å². The molecule has 0 fully saturated rings. The van der Waals surface area contributed by atoms with E-state index >= 15 is 0 Å². The third-order valence-corrected chi connectivity index (χ3v) is 3.44. The van der Waals surface area contributed by atoms with Gasteiger partial charge in [-0.3, -0.25) is 4.79 Å². The lowest BCUT2D eigenvalue weighted by Gasteiger charge is -2.29. The van der Waals surface area contributed by atoms with Gasteiger partial charge in [0.05, 0.1) is 6.04 Å². The molecule has 0 rings (SSSR count). The van der Waals surface area contributed by atoms with Gasteiger partial charge >= 0.3 is 0 Å². The van der Waals surface area contributed by atoms with Crippen molar-refractivity contribution in [2.45, 2.75) is 59.5 Å². The van der Waals surface area contributed by atoms with Gasteiger partial charge in [0.2, 0.25) is 5.91 Å². The number of hydrogen-bond acceptors (Lipinski definition) is 3. The smallest absolute Gasteiger partial charge is 0.235 e. The number of nitrogens with two attached hydrogens (primary N) is 1. The van der Waals surface area contributed by atoms with E-state index in [9.17, 15) is 4.79 Å². The fraction of sp³-hybridized carbons (Fsp3) is 0.929. The average Bonchev–Trinajstić information content (AvgIpc) is 2.32. The van der Waals surface area contributed by atoms with Gasteiger partial charge in [0.25, 0.3) is 0 Å². The van der Waals surface area contributed by atoms with Crippen molar-refractivity contribution < 1.29 is 4.79 Å². The van der Waals surface area contributed by atoms with E-state index < -0.39 is 0 Å². The van der Waals surface area contributed by atoms with Crippen LogP contribution >= 0.6 is 0 Å². The third-order valence-electron chi connectivity index (χ3n) is 3.44. The van der Waals surface area contributed by atoms with E-state index in [1.54, 1.807) is 0 Å². The number of amides is 1. The second kappa shape index (κ2) is 9.34. The molecule has 0 aromatic carbocycles. The van der Waals surface area contributed by atoms with Crippen molar-refractivity contribution in [2.24, 2.45) is 11.7 Å². The van der Waals surface area contributed by atoms with E-state index in [4.69, 9.17) is 5.73 Å². The minimum Gasteiger partial charge on any atom is -0.368 e. The first-order valence-corrected chi connectivity index (χ1v) is 7.22. The number of hydrogen-bond donors (Lipinski definition) is 2. The Bertz CT molecular complexity index is 227. The van der Waals surface area contributed by atoms with Gasteiger partial charge in [-0.15, -0.1) is 0 Å². The van der Waals surface area contributed by atoms with E-state index in [0.29, 0.717) is 12.5 Å². The first-order chi connectivity index (χ1) is 8.44. The van der Waals surface area contributed by atoms with Crippen LogP contribution in [0.25, 0.3) is 0 Å². The van der Waals surface area contributed by atoms with Gasteiger partial charge < -0.3 is 16.0 Å². The molecule has 4 nitrogen and oxygen atoms in total. The van der Waals surface area contributed by atoms with Crippen molar-refractivity contribution in [3.05, 3.63) is 0 Å². The zero-order valence-corrected chi connectivity index (χ0v) is 12.7. The first-order valence-electron chi connectivity index (χ1n) is 7.22. The van der Waals surface area contributed by atoms with Crippen molar-refractivity contribution in [3.63, 3.8) is 0 Å². The Balaban J connectivity index is 4.41. The summed E-state index contributed by atoms with van der Waals surface area (Å²) < 4.78 is 0. The van der Waals surface area contributed by atoms with Gasteiger partial charge in [-0.25, -0.2) is 0 Å². The Morgan fingerprint density at radius 1 is 1.17 bits per heavy atom. The molecule has 0 aliphatic heterocycles. The van der Waals surface area contributed by atoms with Gasteiger partial charge in [0.15, 0.2) is 0 Å². The molecule has 18 heavy (non-hydrogen) atoms. The normalized spacial score (nSPS) is 13.6. The fourth-order valence-electron chi connectivity index (χ4n) is 2.13. The van der Waals surface area contributed by atoms with Crippen molar-refractivity contribution in [2.75, 3.05) is 19.6 Å². The molecular weight excluding hydrogens is 226 g/mol. The molecule has 108 valence electrons. The number of likely N-dealkylation sites (N-methyl/N-ethyl adjacent to an activating group) is 1. The van der Waals surface area contributed by atoms with E-state index in [1.807, 2.05) is 13.8 Å². The molecule has 0 saturated heterocycles. The van der Waals surface area contributed by atoms with Crippen LogP contribution in [0, 0.1) is 5.92 Å². The van der Waals surface area contributed by atoms with E-state index in [0.717, 1.165) is 13.1 Å². The minimum absolute atomic E-state index is 0.251.